The van der Waals surface area contributed by atoms with E-state index in [1.807, 2.05) is 0 Å². The second-order valence-electron chi connectivity index (χ2n) is 4.40. The smallest absolute Gasteiger partial charge is 0.170 e. The van der Waals surface area contributed by atoms with Crippen LogP contribution in [0.4, 0.5) is 0 Å². The van der Waals surface area contributed by atoms with Gasteiger partial charge < -0.3 is 15.3 Å². The number of ketones is 1. The molecule has 0 amide bonds. The average molecular weight is 298 g/mol. The van der Waals surface area contributed by atoms with E-state index >= 15 is 0 Å². The monoisotopic (exact) mass is 298 g/mol. The SMILES string of the molecule is CC(CS)CC(=O)c1c(O)c(C=O)c(O)c(C=O)c1O. The van der Waals surface area contributed by atoms with Gasteiger partial charge in [-0.15, -0.1) is 0 Å². The summed E-state index contributed by atoms with van der Waals surface area (Å²) >= 11 is 4.02. The summed E-state index contributed by atoms with van der Waals surface area (Å²) < 4.78 is 0. The highest BCUT2D eigenvalue weighted by Gasteiger charge is 2.27. The minimum absolute atomic E-state index is 0.0357. The van der Waals surface area contributed by atoms with Crippen molar-refractivity contribution in [2.75, 3.05) is 5.75 Å². The normalized spacial score (nSPS) is 11.9. The highest BCUT2D eigenvalue weighted by molar-refractivity contribution is 7.80. The third-order valence-electron chi connectivity index (χ3n) is 2.85. The van der Waals surface area contributed by atoms with Crippen LogP contribution in [-0.2, 0) is 0 Å². The van der Waals surface area contributed by atoms with Crippen LogP contribution in [0.3, 0.4) is 0 Å². The maximum Gasteiger partial charge on any atom is 0.170 e. The van der Waals surface area contributed by atoms with Crippen molar-refractivity contribution in [3.8, 4) is 17.2 Å². The summed E-state index contributed by atoms with van der Waals surface area (Å²) in [5.74, 6) is -2.89. The maximum atomic E-state index is 12.0. The third kappa shape index (κ3) is 2.77. The van der Waals surface area contributed by atoms with Crippen LogP contribution in [0.25, 0.3) is 0 Å². The molecule has 6 nitrogen and oxygen atoms in total. The standard InChI is InChI=1S/C13H14O6S/c1-6(5-20)2-9(16)10-12(18)7(3-14)11(17)8(4-15)13(10)19/h3-4,6,17-20H,2,5H2,1H3. The molecule has 0 aliphatic carbocycles. The zero-order valence-electron chi connectivity index (χ0n) is 10.7. The van der Waals surface area contributed by atoms with Gasteiger partial charge in [-0.25, -0.2) is 0 Å². The molecule has 1 rings (SSSR count). The summed E-state index contributed by atoms with van der Waals surface area (Å²) in [6, 6.07) is 0. The molecule has 0 heterocycles. The van der Waals surface area contributed by atoms with Gasteiger partial charge in [-0.3, -0.25) is 14.4 Å². The van der Waals surface area contributed by atoms with Gasteiger partial charge in [0.25, 0.3) is 0 Å². The molecule has 108 valence electrons. The summed E-state index contributed by atoms with van der Waals surface area (Å²) in [5, 5.41) is 29.2. The molecule has 0 radical (unpaired) electrons. The third-order valence-corrected chi connectivity index (χ3v) is 3.48. The molecule has 0 aromatic heterocycles. The summed E-state index contributed by atoms with van der Waals surface area (Å²) in [6.45, 7) is 1.74. The molecule has 20 heavy (non-hydrogen) atoms. The first-order chi connectivity index (χ1) is 9.38. The predicted octanol–water partition coefficient (Wildman–Crippen LogP) is 1.57. The van der Waals surface area contributed by atoms with Crippen LogP contribution in [0.5, 0.6) is 17.2 Å². The first-order valence-corrected chi connectivity index (χ1v) is 6.37. The number of phenolic OH excluding ortho intramolecular Hbond substituents is 3. The van der Waals surface area contributed by atoms with Crippen molar-refractivity contribution in [2.24, 2.45) is 5.92 Å². The van der Waals surface area contributed by atoms with Crippen molar-refractivity contribution in [2.45, 2.75) is 13.3 Å². The lowest BCUT2D eigenvalue weighted by Crippen LogP contribution is -2.10. The van der Waals surface area contributed by atoms with Gasteiger partial charge in [0.1, 0.15) is 22.8 Å². The van der Waals surface area contributed by atoms with E-state index in [1.54, 1.807) is 6.92 Å². The molecule has 3 N–H and O–H groups in total. The molecule has 1 atom stereocenters. The van der Waals surface area contributed by atoms with E-state index in [9.17, 15) is 29.7 Å². The summed E-state index contributed by atoms with van der Waals surface area (Å²) in [4.78, 5) is 33.7. The number of hydrogen-bond acceptors (Lipinski definition) is 7. The number of aldehydes is 2. The van der Waals surface area contributed by atoms with E-state index in [0.717, 1.165) is 0 Å². The van der Waals surface area contributed by atoms with E-state index < -0.39 is 39.7 Å². The fraction of sp³-hybridized carbons (Fsp3) is 0.308. The average Bonchev–Trinajstić information content (AvgIpc) is 2.39. The van der Waals surface area contributed by atoms with Crippen molar-refractivity contribution in [1.29, 1.82) is 0 Å². The molecule has 0 spiro atoms. The molecular formula is C13H14O6S. The summed E-state index contributed by atoms with van der Waals surface area (Å²) in [6.07, 6.45) is 0.178. The Labute approximate surface area is 120 Å². The lowest BCUT2D eigenvalue weighted by Gasteiger charge is -2.14. The Morgan fingerprint density at radius 1 is 1.10 bits per heavy atom. The van der Waals surface area contributed by atoms with Gasteiger partial charge >= 0.3 is 0 Å². The molecule has 1 aromatic carbocycles. The Bertz CT molecular complexity index is 531. The number of aromatic hydroxyl groups is 3. The van der Waals surface area contributed by atoms with Crippen molar-refractivity contribution in [3.05, 3.63) is 16.7 Å². The van der Waals surface area contributed by atoms with Gasteiger partial charge in [-0.05, 0) is 11.7 Å². The summed E-state index contributed by atoms with van der Waals surface area (Å²) in [5.41, 5.74) is -1.75. The highest BCUT2D eigenvalue weighted by Crippen LogP contribution is 2.41. The van der Waals surface area contributed by atoms with Crippen molar-refractivity contribution < 1.29 is 29.7 Å². The zero-order chi connectivity index (χ0) is 15.4. The molecule has 0 fully saturated rings. The number of phenols is 3. The van der Waals surface area contributed by atoms with Crippen molar-refractivity contribution in [1.82, 2.24) is 0 Å². The molecule has 0 saturated heterocycles. The molecule has 1 unspecified atom stereocenters. The van der Waals surface area contributed by atoms with Gasteiger partial charge in [-0.2, -0.15) is 12.6 Å². The van der Waals surface area contributed by atoms with Crippen LogP contribution < -0.4 is 0 Å². The fourth-order valence-electron chi connectivity index (χ4n) is 1.72. The molecular weight excluding hydrogens is 284 g/mol. The molecule has 0 aliphatic heterocycles. The van der Waals surface area contributed by atoms with Gasteiger partial charge in [0, 0.05) is 6.42 Å². The van der Waals surface area contributed by atoms with E-state index in [1.165, 1.54) is 0 Å². The maximum absolute atomic E-state index is 12.0. The van der Waals surface area contributed by atoms with Crippen LogP contribution in [-0.4, -0.2) is 39.4 Å². The number of hydrogen-bond donors (Lipinski definition) is 4. The number of carbonyl (C=O) groups is 3. The second kappa shape index (κ2) is 6.42. The molecule has 0 saturated carbocycles. The first-order valence-electron chi connectivity index (χ1n) is 5.74. The molecule has 7 heteroatoms. The number of Topliss-reactive ketones (excluding diaryl/α,β-unsaturated/α-hetero) is 1. The van der Waals surface area contributed by atoms with E-state index in [4.69, 9.17) is 0 Å². The molecule has 1 aromatic rings. The van der Waals surface area contributed by atoms with Crippen molar-refractivity contribution in [3.63, 3.8) is 0 Å². The van der Waals surface area contributed by atoms with Gasteiger partial charge in [-0.1, -0.05) is 6.92 Å². The minimum Gasteiger partial charge on any atom is -0.506 e. The topological polar surface area (TPSA) is 112 Å². The number of carbonyl (C=O) groups excluding carboxylic acids is 3. The zero-order valence-corrected chi connectivity index (χ0v) is 11.6. The predicted molar refractivity (Wildman–Crippen MR) is 74.2 cm³/mol. The lowest BCUT2D eigenvalue weighted by molar-refractivity contribution is 0.0963. The van der Waals surface area contributed by atoms with E-state index in [0.29, 0.717) is 5.75 Å². The van der Waals surface area contributed by atoms with Crippen LogP contribution in [0.15, 0.2) is 0 Å². The lowest BCUT2D eigenvalue weighted by atomic mass is 9.94. The summed E-state index contributed by atoms with van der Waals surface area (Å²) in [7, 11) is 0. The Morgan fingerprint density at radius 3 is 1.90 bits per heavy atom. The Balaban J connectivity index is 3.50. The van der Waals surface area contributed by atoms with Crippen molar-refractivity contribution >= 4 is 31.0 Å². The first kappa shape index (κ1) is 16.0. The van der Waals surface area contributed by atoms with Gasteiger partial charge in [0.05, 0.1) is 11.1 Å². The van der Waals surface area contributed by atoms with Gasteiger partial charge in [0.2, 0.25) is 0 Å². The Morgan fingerprint density at radius 2 is 1.55 bits per heavy atom. The Kier molecular flexibility index (Phi) is 5.15. The fourth-order valence-corrected chi connectivity index (χ4v) is 1.85. The van der Waals surface area contributed by atoms with Crippen LogP contribution in [0.1, 0.15) is 44.4 Å². The second-order valence-corrected chi connectivity index (χ2v) is 4.76. The van der Waals surface area contributed by atoms with Crippen LogP contribution in [0, 0.1) is 5.92 Å². The Hall–Kier alpha value is -2.02. The van der Waals surface area contributed by atoms with Gasteiger partial charge in [0.15, 0.2) is 18.4 Å². The number of rotatable bonds is 6. The molecule has 0 aliphatic rings. The number of benzene rings is 1. The van der Waals surface area contributed by atoms with E-state index in [2.05, 4.69) is 12.6 Å². The minimum atomic E-state index is -0.858. The quantitative estimate of drug-likeness (QED) is 0.360. The molecule has 0 bridgehead atoms. The van der Waals surface area contributed by atoms with Crippen LogP contribution in [0.2, 0.25) is 0 Å². The highest BCUT2D eigenvalue weighted by atomic mass is 32.1. The largest absolute Gasteiger partial charge is 0.506 e. The van der Waals surface area contributed by atoms with Crippen LogP contribution >= 0.6 is 12.6 Å². The number of thiol groups is 1. The van der Waals surface area contributed by atoms with E-state index in [-0.39, 0.29) is 24.9 Å².